The van der Waals surface area contributed by atoms with Crippen molar-refractivity contribution in [2.24, 2.45) is 0 Å². The minimum Gasteiger partial charge on any atom is -0.494 e. The summed E-state index contributed by atoms with van der Waals surface area (Å²) in [5.74, 6) is 0.981. The van der Waals surface area contributed by atoms with Gasteiger partial charge in [0.05, 0.1) is 13.8 Å². The van der Waals surface area contributed by atoms with Crippen LogP contribution in [-0.4, -0.2) is 13.8 Å². The Morgan fingerprint density at radius 2 is 1.73 bits per heavy atom. The molecule has 1 unspecified atom stereocenters. The van der Waals surface area contributed by atoms with Crippen LogP contribution >= 0.6 is 15.9 Å². The lowest BCUT2D eigenvalue weighted by atomic mass is 10.2. The molecule has 0 aliphatic heterocycles. The lowest BCUT2D eigenvalue weighted by Crippen LogP contribution is -2.40. The molecule has 1 nitrogen and oxygen atoms in total. The Labute approximate surface area is 102 Å². The molecule has 0 N–H and O–H groups in total. The molecule has 0 fully saturated rings. The van der Waals surface area contributed by atoms with Crippen molar-refractivity contribution in [2.75, 3.05) is 0 Å². The summed E-state index contributed by atoms with van der Waals surface area (Å²) in [4.78, 5) is 0. The number of alkyl halides is 1. The third-order valence-electron chi connectivity index (χ3n) is 2.61. The lowest BCUT2D eigenvalue weighted by molar-refractivity contribution is 0.289. The predicted octanol–water partition coefficient (Wildman–Crippen LogP) is 4.23. The molecule has 1 atom stereocenters. The largest absolute Gasteiger partial charge is 0.494 e. The number of ether oxygens (including phenoxy) is 1. The fourth-order valence-electron chi connectivity index (χ4n) is 1.04. The maximum Gasteiger partial charge on any atom is 0.119 e. The van der Waals surface area contributed by atoms with Crippen molar-refractivity contribution >= 4 is 24.0 Å². The van der Waals surface area contributed by atoms with Crippen LogP contribution in [0.3, 0.4) is 0 Å². The molecule has 3 heteroatoms. The van der Waals surface area contributed by atoms with E-state index in [0.29, 0.717) is 5.73 Å². The van der Waals surface area contributed by atoms with E-state index in [1.54, 1.807) is 0 Å². The molecule has 0 heterocycles. The summed E-state index contributed by atoms with van der Waals surface area (Å²) in [7, 11) is -1.20. The number of rotatable bonds is 4. The monoisotopic (exact) mass is 286 g/mol. The molecule has 0 spiro atoms. The number of halogens is 1. The maximum atomic E-state index is 5.92. The number of hydrogen-bond donors (Lipinski definition) is 0. The van der Waals surface area contributed by atoms with Crippen LogP contribution in [0.1, 0.15) is 12.5 Å². The first-order valence-electron chi connectivity index (χ1n) is 5.25. The van der Waals surface area contributed by atoms with Crippen LogP contribution in [0.25, 0.3) is 0 Å². The van der Waals surface area contributed by atoms with Crippen molar-refractivity contribution in [3.05, 3.63) is 29.8 Å². The fraction of sp³-hybridized carbons (Fsp3) is 0.500. The molecule has 0 bridgehead atoms. The Morgan fingerprint density at radius 1 is 1.20 bits per heavy atom. The smallest absolute Gasteiger partial charge is 0.119 e. The Hall–Kier alpha value is -0.283. The average molecular weight is 287 g/mol. The van der Waals surface area contributed by atoms with Crippen molar-refractivity contribution < 1.29 is 4.74 Å². The molecule has 0 aliphatic carbocycles. The van der Waals surface area contributed by atoms with E-state index in [4.69, 9.17) is 4.74 Å². The second-order valence-electron chi connectivity index (χ2n) is 4.90. The molecule has 0 aromatic heterocycles. The topological polar surface area (TPSA) is 9.23 Å². The van der Waals surface area contributed by atoms with E-state index in [1.165, 1.54) is 5.56 Å². The summed E-state index contributed by atoms with van der Waals surface area (Å²) >= 11 is 3.43. The summed E-state index contributed by atoms with van der Waals surface area (Å²) in [6, 6.07) is 8.29. The van der Waals surface area contributed by atoms with Crippen molar-refractivity contribution in [3.63, 3.8) is 0 Å². The zero-order chi connectivity index (χ0) is 11.5. The van der Waals surface area contributed by atoms with Gasteiger partial charge in [-0.3, -0.25) is 0 Å². The van der Waals surface area contributed by atoms with Gasteiger partial charge in [0.1, 0.15) is 5.75 Å². The SMILES string of the molecule is CC(Oc1ccc(CBr)cc1)[Si](C)(C)C. The Morgan fingerprint density at radius 3 is 2.13 bits per heavy atom. The van der Waals surface area contributed by atoms with Gasteiger partial charge in [-0.25, -0.2) is 0 Å². The van der Waals surface area contributed by atoms with Gasteiger partial charge in [-0.2, -0.15) is 0 Å². The van der Waals surface area contributed by atoms with Gasteiger partial charge in [0.25, 0.3) is 0 Å². The van der Waals surface area contributed by atoms with E-state index >= 15 is 0 Å². The molecule has 0 aliphatic rings. The maximum absolute atomic E-state index is 5.92. The highest BCUT2D eigenvalue weighted by Gasteiger charge is 2.24. The van der Waals surface area contributed by atoms with Crippen molar-refractivity contribution in [3.8, 4) is 5.75 Å². The molecule has 1 aromatic carbocycles. The zero-order valence-electron chi connectivity index (χ0n) is 9.88. The van der Waals surface area contributed by atoms with E-state index in [-0.39, 0.29) is 0 Å². The minimum absolute atomic E-state index is 0.354. The summed E-state index contributed by atoms with van der Waals surface area (Å²) in [5.41, 5.74) is 1.63. The average Bonchev–Trinajstić information content (AvgIpc) is 2.17. The second-order valence-corrected chi connectivity index (χ2v) is 11.0. The molecular formula is C12H19BrOSi. The Bertz CT molecular complexity index is 302. The Kier molecular flexibility index (Phi) is 4.41. The lowest BCUT2D eigenvalue weighted by Gasteiger charge is -2.26. The van der Waals surface area contributed by atoms with Gasteiger partial charge in [0.15, 0.2) is 0 Å². The van der Waals surface area contributed by atoms with Crippen LogP contribution < -0.4 is 4.74 Å². The highest BCUT2D eigenvalue weighted by Crippen LogP contribution is 2.19. The fourth-order valence-corrected chi connectivity index (χ4v) is 1.90. The van der Waals surface area contributed by atoms with E-state index in [1.807, 2.05) is 12.1 Å². The molecule has 1 aromatic rings. The predicted molar refractivity (Wildman–Crippen MR) is 72.5 cm³/mol. The van der Waals surface area contributed by atoms with E-state index in [0.717, 1.165) is 11.1 Å². The minimum atomic E-state index is -1.20. The van der Waals surface area contributed by atoms with Crippen LogP contribution in [-0.2, 0) is 5.33 Å². The van der Waals surface area contributed by atoms with Crippen molar-refractivity contribution in [2.45, 2.75) is 37.6 Å². The van der Waals surface area contributed by atoms with E-state index in [2.05, 4.69) is 54.6 Å². The first-order valence-corrected chi connectivity index (χ1v) is 9.95. The first-order chi connectivity index (χ1) is 6.93. The molecule has 0 amide bonds. The second kappa shape index (κ2) is 5.17. The standard InChI is InChI=1S/C12H19BrOSi/c1-10(15(2,3)4)14-12-7-5-11(9-13)6-8-12/h5-8,10H,9H2,1-4H3. The molecule has 15 heavy (non-hydrogen) atoms. The zero-order valence-corrected chi connectivity index (χ0v) is 12.5. The van der Waals surface area contributed by atoms with Gasteiger partial charge in [0, 0.05) is 5.33 Å². The van der Waals surface area contributed by atoms with Gasteiger partial charge in [-0.15, -0.1) is 0 Å². The summed E-state index contributed by atoms with van der Waals surface area (Å²) in [6.45, 7) is 9.14. The quantitative estimate of drug-likeness (QED) is 0.595. The molecule has 0 radical (unpaired) electrons. The molecule has 0 saturated heterocycles. The highest BCUT2D eigenvalue weighted by atomic mass is 79.9. The molecule has 1 rings (SSSR count). The molecule has 84 valence electrons. The number of benzene rings is 1. The van der Waals surface area contributed by atoms with Gasteiger partial charge in [-0.1, -0.05) is 47.7 Å². The van der Waals surface area contributed by atoms with Crippen molar-refractivity contribution in [1.82, 2.24) is 0 Å². The number of hydrogen-bond acceptors (Lipinski definition) is 1. The van der Waals surface area contributed by atoms with Crippen LogP contribution in [0.5, 0.6) is 5.75 Å². The van der Waals surface area contributed by atoms with Crippen LogP contribution in [0.2, 0.25) is 19.6 Å². The first kappa shape index (κ1) is 12.8. The van der Waals surface area contributed by atoms with Crippen LogP contribution in [0, 0.1) is 0 Å². The van der Waals surface area contributed by atoms with Gasteiger partial charge >= 0.3 is 0 Å². The molecular weight excluding hydrogens is 268 g/mol. The van der Waals surface area contributed by atoms with E-state index < -0.39 is 8.07 Å². The Balaban J connectivity index is 2.65. The summed E-state index contributed by atoms with van der Waals surface area (Å²) in [6.07, 6.45) is 0. The van der Waals surface area contributed by atoms with Crippen LogP contribution in [0.4, 0.5) is 0 Å². The highest BCUT2D eigenvalue weighted by molar-refractivity contribution is 9.08. The van der Waals surface area contributed by atoms with Gasteiger partial charge in [-0.05, 0) is 24.6 Å². The third-order valence-corrected chi connectivity index (χ3v) is 5.81. The van der Waals surface area contributed by atoms with Crippen molar-refractivity contribution in [1.29, 1.82) is 0 Å². The summed E-state index contributed by atoms with van der Waals surface area (Å²) in [5, 5.41) is 0.900. The normalized spacial score (nSPS) is 13.7. The molecule has 0 saturated carbocycles. The third kappa shape index (κ3) is 3.99. The van der Waals surface area contributed by atoms with Crippen LogP contribution in [0.15, 0.2) is 24.3 Å². The van der Waals surface area contributed by atoms with Gasteiger partial charge < -0.3 is 4.74 Å². The summed E-state index contributed by atoms with van der Waals surface area (Å²) < 4.78 is 5.92. The van der Waals surface area contributed by atoms with E-state index in [9.17, 15) is 0 Å². The van der Waals surface area contributed by atoms with Gasteiger partial charge in [0.2, 0.25) is 0 Å².